The first-order chi connectivity index (χ1) is 16.2. The van der Waals surface area contributed by atoms with E-state index in [2.05, 4.69) is 28.0 Å². The normalized spacial score (nSPS) is 13.7. The number of carbonyl (C=O) groups is 4. The highest BCUT2D eigenvalue weighted by Crippen LogP contribution is 2.28. The Hall–Kier alpha value is -2.75. The van der Waals surface area contributed by atoms with Crippen molar-refractivity contribution in [3.63, 3.8) is 0 Å². The van der Waals surface area contributed by atoms with Gasteiger partial charge in [-0.2, -0.15) is 12.6 Å². The van der Waals surface area contributed by atoms with Crippen molar-refractivity contribution in [2.24, 2.45) is 0 Å². The van der Waals surface area contributed by atoms with Gasteiger partial charge in [0.25, 0.3) is 0 Å². The third-order valence-electron chi connectivity index (χ3n) is 5.21. The lowest BCUT2D eigenvalue weighted by molar-refractivity contribution is -0.146. The summed E-state index contributed by atoms with van der Waals surface area (Å²) in [6.45, 7) is 12.3. The first-order valence-corrected chi connectivity index (χ1v) is 12.2. The Balaban J connectivity index is 3.49. The number of ether oxygens (including phenoxy) is 2. The minimum Gasteiger partial charge on any atom is -0.468 e. The molecule has 0 heterocycles. The predicted molar refractivity (Wildman–Crippen MR) is 137 cm³/mol. The Morgan fingerprint density at radius 2 is 1.66 bits per heavy atom. The molecule has 1 rings (SSSR count). The standard InChI is InChI=1S/C25H39N3O6S/c1-9-17(4)28(23(31)19(14-35)27-24(32)34-25(5,6)7)21(22(30)26-13-20(29)33-8)18-11-15(2)10-16(3)12-18/h10-12,17,19,21,35H,9,13-14H2,1-8H3,(H,26,30)(H,27,32). The topological polar surface area (TPSA) is 114 Å². The van der Waals surface area contributed by atoms with Crippen LogP contribution in [0, 0.1) is 13.8 Å². The molecule has 3 unspecified atom stereocenters. The van der Waals surface area contributed by atoms with Gasteiger partial charge in [0.15, 0.2) is 0 Å². The molecule has 3 amide bonds. The van der Waals surface area contributed by atoms with E-state index in [0.29, 0.717) is 12.0 Å². The molecule has 2 N–H and O–H groups in total. The highest BCUT2D eigenvalue weighted by atomic mass is 32.1. The summed E-state index contributed by atoms with van der Waals surface area (Å²) in [6, 6.07) is 3.15. The van der Waals surface area contributed by atoms with Crippen LogP contribution in [-0.4, -0.2) is 65.9 Å². The molecule has 0 aliphatic heterocycles. The average Bonchev–Trinajstić information content (AvgIpc) is 2.76. The number of esters is 1. The number of amides is 3. The third-order valence-corrected chi connectivity index (χ3v) is 5.58. The summed E-state index contributed by atoms with van der Waals surface area (Å²) in [5, 5.41) is 5.15. The number of rotatable bonds is 10. The lowest BCUT2D eigenvalue weighted by Gasteiger charge is -2.38. The number of hydrogen-bond acceptors (Lipinski definition) is 7. The zero-order chi connectivity index (χ0) is 26.9. The van der Waals surface area contributed by atoms with E-state index < -0.39 is 41.6 Å². The molecule has 0 fully saturated rings. The number of thiol groups is 1. The van der Waals surface area contributed by atoms with Gasteiger partial charge in [0, 0.05) is 11.8 Å². The molecular weight excluding hydrogens is 470 g/mol. The van der Waals surface area contributed by atoms with Crippen molar-refractivity contribution in [1.82, 2.24) is 15.5 Å². The molecule has 0 saturated heterocycles. The zero-order valence-corrected chi connectivity index (χ0v) is 22.8. The smallest absolute Gasteiger partial charge is 0.408 e. The van der Waals surface area contributed by atoms with Crippen LogP contribution >= 0.6 is 12.6 Å². The molecule has 0 radical (unpaired) electrons. The van der Waals surface area contributed by atoms with E-state index >= 15 is 0 Å². The third kappa shape index (κ3) is 9.43. The molecule has 1 aromatic carbocycles. The molecule has 9 nitrogen and oxygen atoms in total. The number of methoxy groups -OCH3 is 1. The number of aryl methyl sites for hydroxylation is 2. The summed E-state index contributed by atoms with van der Waals surface area (Å²) in [4.78, 5) is 52.7. The van der Waals surface area contributed by atoms with E-state index in [1.807, 2.05) is 45.9 Å². The van der Waals surface area contributed by atoms with Gasteiger partial charge in [-0.05, 0) is 53.5 Å². The van der Waals surface area contributed by atoms with E-state index in [0.717, 1.165) is 11.1 Å². The quantitative estimate of drug-likeness (QED) is 0.330. The van der Waals surface area contributed by atoms with Crippen LogP contribution in [-0.2, 0) is 23.9 Å². The van der Waals surface area contributed by atoms with Crippen molar-refractivity contribution in [2.45, 2.75) is 78.6 Å². The van der Waals surface area contributed by atoms with Gasteiger partial charge in [0.2, 0.25) is 11.8 Å². The molecule has 196 valence electrons. The molecule has 35 heavy (non-hydrogen) atoms. The van der Waals surface area contributed by atoms with Gasteiger partial charge >= 0.3 is 12.1 Å². The summed E-state index contributed by atoms with van der Waals surface area (Å²) in [7, 11) is 1.23. The van der Waals surface area contributed by atoms with Crippen LogP contribution in [0.5, 0.6) is 0 Å². The maximum absolute atomic E-state index is 13.8. The SMILES string of the molecule is CCC(C)N(C(=O)C(CS)NC(=O)OC(C)(C)C)C(C(=O)NCC(=O)OC)c1cc(C)cc(C)c1. The molecule has 0 bridgehead atoms. The minimum atomic E-state index is -1.05. The first kappa shape index (κ1) is 30.3. The number of nitrogens with zero attached hydrogens (tertiary/aromatic N) is 1. The molecule has 3 atom stereocenters. The van der Waals surface area contributed by atoms with E-state index in [1.165, 1.54) is 12.0 Å². The average molecular weight is 510 g/mol. The molecular formula is C25H39N3O6S. The van der Waals surface area contributed by atoms with Crippen LogP contribution in [0.3, 0.4) is 0 Å². The monoisotopic (exact) mass is 509 g/mol. The van der Waals surface area contributed by atoms with Crippen LogP contribution in [0.1, 0.15) is 63.8 Å². The van der Waals surface area contributed by atoms with E-state index in [9.17, 15) is 19.2 Å². The maximum Gasteiger partial charge on any atom is 0.408 e. The molecule has 0 aromatic heterocycles. The zero-order valence-electron chi connectivity index (χ0n) is 21.9. The Kier molecular flexibility index (Phi) is 11.6. The summed E-state index contributed by atoms with van der Waals surface area (Å²) >= 11 is 4.27. The fourth-order valence-electron chi connectivity index (χ4n) is 3.55. The van der Waals surface area contributed by atoms with Gasteiger partial charge in [0.1, 0.15) is 24.2 Å². The van der Waals surface area contributed by atoms with Gasteiger partial charge in [-0.3, -0.25) is 14.4 Å². The van der Waals surface area contributed by atoms with Crippen molar-refractivity contribution in [3.8, 4) is 0 Å². The number of alkyl carbamates (subject to hydrolysis) is 1. The largest absolute Gasteiger partial charge is 0.468 e. The Morgan fingerprint density at radius 1 is 1.09 bits per heavy atom. The summed E-state index contributed by atoms with van der Waals surface area (Å²) in [5.74, 6) is -1.64. The second-order valence-corrected chi connectivity index (χ2v) is 9.87. The molecule has 0 aliphatic rings. The van der Waals surface area contributed by atoms with Gasteiger partial charge < -0.3 is 25.0 Å². The summed E-state index contributed by atoms with van der Waals surface area (Å²) < 4.78 is 9.94. The molecule has 1 aromatic rings. The fraction of sp³-hybridized carbons (Fsp3) is 0.600. The fourth-order valence-corrected chi connectivity index (χ4v) is 3.79. The van der Waals surface area contributed by atoms with Crippen LogP contribution in [0.4, 0.5) is 4.79 Å². The van der Waals surface area contributed by atoms with Crippen LogP contribution in [0.15, 0.2) is 18.2 Å². The lowest BCUT2D eigenvalue weighted by Crippen LogP contribution is -2.56. The van der Waals surface area contributed by atoms with Crippen molar-refractivity contribution < 1.29 is 28.7 Å². The predicted octanol–water partition coefficient (Wildman–Crippen LogP) is 3.08. The molecule has 10 heteroatoms. The van der Waals surface area contributed by atoms with Crippen molar-refractivity contribution in [1.29, 1.82) is 0 Å². The van der Waals surface area contributed by atoms with Crippen LogP contribution in [0.25, 0.3) is 0 Å². The number of benzene rings is 1. The van der Waals surface area contributed by atoms with Gasteiger partial charge in [0.05, 0.1) is 7.11 Å². The second-order valence-electron chi connectivity index (χ2n) is 9.50. The second kappa shape index (κ2) is 13.4. The van der Waals surface area contributed by atoms with Gasteiger partial charge in [-0.1, -0.05) is 36.2 Å². The summed E-state index contributed by atoms with van der Waals surface area (Å²) in [6.07, 6.45) is -0.213. The van der Waals surface area contributed by atoms with Gasteiger partial charge in [-0.15, -0.1) is 0 Å². The molecule has 0 saturated carbocycles. The Bertz CT molecular complexity index is 895. The lowest BCUT2D eigenvalue weighted by atomic mass is 9.97. The Labute approximate surface area is 213 Å². The highest BCUT2D eigenvalue weighted by Gasteiger charge is 2.38. The van der Waals surface area contributed by atoms with Crippen LogP contribution in [0.2, 0.25) is 0 Å². The Morgan fingerprint density at radius 3 is 2.11 bits per heavy atom. The van der Waals surface area contributed by atoms with E-state index in [-0.39, 0.29) is 18.3 Å². The van der Waals surface area contributed by atoms with Crippen LogP contribution < -0.4 is 10.6 Å². The van der Waals surface area contributed by atoms with Gasteiger partial charge in [-0.25, -0.2) is 4.79 Å². The summed E-state index contributed by atoms with van der Waals surface area (Å²) in [5.41, 5.74) is 1.67. The van der Waals surface area contributed by atoms with Crippen molar-refractivity contribution >= 4 is 36.5 Å². The molecule has 0 spiro atoms. The van der Waals surface area contributed by atoms with Crippen molar-refractivity contribution in [2.75, 3.05) is 19.4 Å². The van der Waals surface area contributed by atoms with Crippen molar-refractivity contribution in [3.05, 3.63) is 34.9 Å². The number of carbonyl (C=O) groups excluding carboxylic acids is 4. The van der Waals surface area contributed by atoms with E-state index in [4.69, 9.17) is 4.74 Å². The first-order valence-electron chi connectivity index (χ1n) is 11.6. The molecule has 0 aliphatic carbocycles. The number of nitrogens with one attached hydrogen (secondary N) is 2. The van der Waals surface area contributed by atoms with E-state index in [1.54, 1.807) is 20.8 Å². The number of hydrogen-bond donors (Lipinski definition) is 3. The maximum atomic E-state index is 13.8. The minimum absolute atomic E-state index is 0.00560. The highest BCUT2D eigenvalue weighted by molar-refractivity contribution is 7.80.